The summed E-state index contributed by atoms with van der Waals surface area (Å²) >= 11 is 0. The molecular formula is C16H17N5O2. The zero-order valence-corrected chi connectivity index (χ0v) is 12.8. The molecule has 1 atom stereocenters. The highest BCUT2D eigenvalue weighted by Crippen LogP contribution is 2.30. The van der Waals surface area contributed by atoms with Gasteiger partial charge in [-0.05, 0) is 29.8 Å². The van der Waals surface area contributed by atoms with E-state index in [2.05, 4.69) is 25.9 Å². The summed E-state index contributed by atoms with van der Waals surface area (Å²) in [6.45, 7) is 3.82. The second-order valence-electron chi connectivity index (χ2n) is 5.91. The van der Waals surface area contributed by atoms with E-state index in [-0.39, 0.29) is 5.91 Å². The molecule has 3 rings (SSSR count). The molecule has 0 radical (unpaired) electrons. The summed E-state index contributed by atoms with van der Waals surface area (Å²) in [4.78, 5) is 31.6. The van der Waals surface area contributed by atoms with Crippen molar-refractivity contribution < 1.29 is 9.59 Å². The van der Waals surface area contributed by atoms with Gasteiger partial charge in [-0.15, -0.1) is 0 Å². The number of rotatable bonds is 4. The first-order valence-electron chi connectivity index (χ1n) is 7.22. The zero-order valence-electron chi connectivity index (χ0n) is 12.8. The standard InChI is InChI=1S/C16H17N5O2/c1-16(2,13-14(22)21-15(23)20-13)10-3-8-18-12(9-10)19-11-4-6-17-7-5-11/h3-9,13H,1-2H3,(H,17,18,19)(H2,20,21,22,23). The molecule has 2 aromatic heterocycles. The fourth-order valence-electron chi connectivity index (χ4n) is 2.57. The zero-order chi connectivity index (χ0) is 16.4. The number of urea groups is 1. The summed E-state index contributed by atoms with van der Waals surface area (Å²) in [6, 6.07) is 6.31. The molecule has 7 nitrogen and oxygen atoms in total. The van der Waals surface area contributed by atoms with Crippen LogP contribution in [0.15, 0.2) is 42.9 Å². The molecule has 118 valence electrons. The van der Waals surface area contributed by atoms with E-state index in [0.29, 0.717) is 5.82 Å². The number of amides is 3. The maximum Gasteiger partial charge on any atom is 0.322 e. The number of anilines is 2. The van der Waals surface area contributed by atoms with Crippen molar-refractivity contribution in [3.63, 3.8) is 0 Å². The number of nitrogens with one attached hydrogen (secondary N) is 3. The lowest BCUT2D eigenvalue weighted by Crippen LogP contribution is -2.45. The number of imide groups is 1. The number of carbonyl (C=O) groups is 2. The lowest BCUT2D eigenvalue weighted by Gasteiger charge is -2.30. The smallest absolute Gasteiger partial charge is 0.322 e. The van der Waals surface area contributed by atoms with Crippen molar-refractivity contribution in [1.82, 2.24) is 20.6 Å². The molecular weight excluding hydrogens is 294 g/mol. The molecule has 23 heavy (non-hydrogen) atoms. The predicted octanol–water partition coefficient (Wildman–Crippen LogP) is 1.71. The maximum absolute atomic E-state index is 11.9. The molecule has 1 fully saturated rings. The van der Waals surface area contributed by atoms with Crippen LogP contribution in [-0.2, 0) is 10.2 Å². The van der Waals surface area contributed by atoms with Gasteiger partial charge in [0.1, 0.15) is 11.9 Å². The third kappa shape index (κ3) is 2.98. The van der Waals surface area contributed by atoms with Gasteiger partial charge in [-0.1, -0.05) is 13.8 Å². The van der Waals surface area contributed by atoms with Crippen LogP contribution in [0.4, 0.5) is 16.3 Å². The molecule has 0 bridgehead atoms. The van der Waals surface area contributed by atoms with E-state index < -0.39 is 17.5 Å². The van der Waals surface area contributed by atoms with Gasteiger partial charge in [-0.25, -0.2) is 9.78 Å². The van der Waals surface area contributed by atoms with Gasteiger partial charge < -0.3 is 10.6 Å². The first-order valence-corrected chi connectivity index (χ1v) is 7.22. The molecule has 3 N–H and O–H groups in total. The largest absolute Gasteiger partial charge is 0.340 e. The Labute approximate surface area is 133 Å². The van der Waals surface area contributed by atoms with Crippen molar-refractivity contribution in [3.8, 4) is 0 Å². The topological polar surface area (TPSA) is 96.0 Å². The normalized spacial score (nSPS) is 17.6. The number of hydrogen-bond donors (Lipinski definition) is 3. The van der Waals surface area contributed by atoms with Gasteiger partial charge >= 0.3 is 6.03 Å². The highest BCUT2D eigenvalue weighted by Gasteiger charge is 2.42. The fraction of sp³-hybridized carbons (Fsp3) is 0.250. The molecule has 0 aliphatic carbocycles. The second kappa shape index (κ2) is 5.68. The van der Waals surface area contributed by atoms with Crippen molar-refractivity contribution in [1.29, 1.82) is 0 Å². The Bertz CT molecular complexity index is 745. The minimum atomic E-state index is -0.619. The van der Waals surface area contributed by atoms with Crippen LogP contribution in [0.1, 0.15) is 19.4 Å². The SMILES string of the molecule is CC(C)(c1ccnc(Nc2ccncc2)c1)C1NC(=O)NC1=O. The number of nitrogens with zero attached hydrogens (tertiary/aromatic N) is 2. The van der Waals surface area contributed by atoms with Crippen molar-refractivity contribution in [2.45, 2.75) is 25.3 Å². The molecule has 1 saturated heterocycles. The minimum absolute atomic E-state index is 0.319. The first kappa shape index (κ1) is 15.0. The maximum atomic E-state index is 11.9. The first-order chi connectivity index (χ1) is 11.0. The summed E-state index contributed by atoms with van der Waals surface area (Å²) in [5, 5.41) is 8.12. The third-order valence-corrected chi connectivity index (χ3v) is 3.95. The molecule has 0 aromatic carbocycles. The van der Waals surface area contributed by atoms with E-state index in [1.165, 1.54) is 0 Å². The van der Waals surface area contributed by atoms with Crippen LogP contribution >= 0.6 is 0 Å². The predicted molar refractivity (Wildman–Crippen MR) is 85.2 cm³/mol. The average Bonchev–Trinajstić information content (AvgIpc) is 2.88. The molecule has 0 spiro atoms. The Hall–Kier alpha value is -2.96. The lowest BCUT2D eigenvalue weighted by atomic mass is 9.78. The minimum Gasteiger partial charge on any atom is -0.340 e. The van der Waals surface area contributed by atoms with Crippen LogP contribution in [0, 0.1) is 0 Å². The van der Waals surface area contributed by atoms with Crippen molar-refractivity contribution >= 4 is 23.4 Å². The monoisotopic (exact) mass is 311 g/mol. The number of pyridine rings is 2. The highest BCUT2D eigenvalue weighted by molar-refractivity contribution is 6.05. The van der Waals surface area contributed by atoms with Crippen LogP contribution < -0.4 is 16.0 Å². The average molecular weight is 311 g/mol. The van der Waals surface area contributed by atoms with Crippen LogP contribution in [0.5, 0.6) is 0 Å². The Morgan fingerprint density at radius 1 is 1.13 bits per heavy atom. The summed E-state index contributed by atoms with van der Waals surface area (Å²) in [5.41, 5.74) is 1.19. The van der Waals surface area contributed by atoms with E-state index >= 15 is 0 Å². The van der Waals surface area contributed by atoms with Gasteiger partial charge in [0.2, 0.25) is 0 Å². The van der Waals surface area contributed by atoms with Crippen LogP contribution in [0.3, 0.4) is 0 Å². The van der Waals surface area contributed by atoms with E-state index in [0.717, 1.165) is 11.3 Å². The molecule has 2 aromatic rings. The Balaban J connectivity index is 1.87. The Kier molecular flexibility index (Phi) is 3.69. The molecule has 7 heteroatoms. The van der Waals surface area contributed by atoms with Crippen molar-refractivity contribution in [3.05, 3.63) is 48.4 Å². The fourth-order valence-corrected chi connectivity index (χ4v) is 2.57. The van der Waals surface area contributed by atoms with Gasteiger partial charge in [-0.3, -0.25) is 15.1 Å². The lowest BCUT2D eigenvalue weighted by molar-refractivity contribution is -0.121. The van der Waals surface area contributed by atoms with Gasteiger partial charge in [-0.2, -0.15) is 0 Å². The van der Waals surface area contributed by atoms with Crippen LogP contribution in [0.2, 0.25) is 0 Å². The van der Waals surface area contributed by atoms with E-state index in [1.807, 2.05) is 38.1 Å². The molecule has 1 unspecified atom stereocenters. The number of hydrogen-bond acceptors (Lipinski definition) is 5. The van der Waals surface area contributed by atoms with Gasteiger partial charge in [0.05, 0.1) is 0 Å². The van der Waals surface area contributed by atoms with Gasteiger partial charge in [0, 0.05) is 29.7 Å². The second-order valence-corrected chi connectivity index (χ2v) is 5.91. The molecule has 1 aliphatic rings. The van der Waals surface area contributed by atoms with E-state index in [1.54, 1.807) is 18.6 Å². The summed E-state index contributed by atoms with van der Waals surface area (Å²) in [5.74, 6) is 0.340. The van der Waals surface area contributed by atoms with E-state index in [4.69, 9.17) is 0 Å². The third-order valence-electron chi connectivity index (χ3n) is 3.95. The highest BCUT2D eigenvalue weighted by atomic mass is 16.2. The quantitative estimate of drug-likeness (QED) is 0.747. The molecule has 1 aliphatic heterocycles. The van der Waals surface area contributed by atoms with E-state index in [9.17, 15) is 9.59 Å². The number of carbonyl (C=O) groups excluding carboxylic acids is 2. The van der Waals surface area contributed by atoms with Gasteiger partial charge in [0.15, 0.2) is 0 Å². The van der Waals surface area contributed by atoms with Crippen molar-refractivity contribution in [2.75, 3.05) is 5.32 Å². The molecule has 0 saturated carbocycles. The van der Waals surface area contributed by atoms with Crippen LogP contribution in [-0.4, -0.2) is 27.9 Å². The van der Waals surface area contributed by atoms with Crippen molar-refractivity contribution in [2.24, 2.45) is 0 Å². The molecule has 3 amide bonds. The van der Waals surface area contributed by atoms with Gasteiger partial charge in [0.25, 0.3) is 5.91 Å². The Morgan fingerprint density at radius 3 is 2.52 bits per heavy atom. The summed E-state index contributed by atoms with van der Waals surface area (Å²) in [6.07, 6.45) is 5.05. The van der Waals surface area contributed by atoms with Crippen LogP contribution in [0.25, 0.3) is 0 Å². The summed E-state index contributed by atoms with van der Waals surface area (Å²) < 4.78 is 0. The summed E-state index contributed by atoms with van der Waals surface area (Å²) in [7, 11) is 0. The number of aromatic nitrogens is 2. The molecule has 3 heterocycles. The Morgan fingerprint density at radius 2 is 1.87 bits per heavy atom.